The third-order valence-electron chi connectivity index (χ3n) is 4.66. The number of hydrogen-bond acceptors (Lipinski definition) is 5. The van der Waals surface area contributed by atoms with Gasteiger partial charge in [0.05, 0.1) is 11.6 Å². The number of halogens is 2. The van der Waals surface area contributed by atoms with Crippen LogP contribution in [0.4, 0.5) is 4.39 Å². The van der Waals surface area contributed by atoms with Crippen LogP contribution in [-0.4, -0.2) is 18.5 Å². The zero-order valence-corrected chi connectivity index (χ0v) is 17.9. The molecule has 0 saturated heterocycles. The van der Waals surface area contributed by atoms with Crippen LogP contribution >= 0.6 is 11.6 Å². The molecule has 0 aromatic heterocycles. The molecule has 0 radical (unpaired) electrons. The summed E-state index contributed by atoms with van der Waals surface area (Å²) < 4.78 is 30.2. The Bertz CT molecular complexity index is 1170. The quantitative estimate of drug-likeness (QED) is 0.336. The van der Waals surface area contributed by atoms with Crippen molar-refractivity contribution in [1.29, 1.82) is 0 Å². The van der Waals surface area contributed by atoms with Gasteiger partial charge in [0.2, 0.25) is 5.90 Å². The molecule has 0 spiro atoms. The van der Waals surface area contributed by atoms with Gasteiger partial charge in [-0.3, -0.25) is 0 Å². The van der Waals surface area contributed by atoms with Crippen molar-refractivity contribution in [3.63, 3.8) is 0 Å². The van der Waals surface area contributed by atoms with E-state index < -0.39 is 11.8 Å². The van der Waals surface area contributed by atoms with E-state index in [1.165, 1.54) is 6.07 Å². The van der Waals surface area contributed by atoms with Crippen molar-refractivity contribution < 1.29 is 23.4 Å². The highest BCUT2D eigenvalue weighted by atomic mass is 35.5. The molecule has 0 amide bonds. The first kappa shape index (κ1) is 21.6. The number of ether oxygens (including phenoxy) is 3. The van der Waals surface area contributed by atoms with Crippen molar-refractivity contribution in [2.75, 3.05) is 6.61 Å². The number of cyclic esters (lactones) is 1. The molecule has 0 bridgehead atoms. The van der Waals surface area contributed by atoms with Gasteiger partial charge in [0.15, 0.2) is 5.70 Å². The lowest BCUT2D eigenvalue weighted by Gasteiger charge is -2.09. The van der Waals surface area contributed by atoms with Crippen molar-refractivity contribution in [1.82, 2.24) is 0 Å². The molecule has 4 rings (SSSR count). The summed E-state index contributed by atoms with van der Waals surface area (Å²) in [4.78, 5) is 16.5. The van der Waals surface area contributed by atoms with Crippen molar-refractivity contribution in [2.24, 2.45) is 4.99 Å². The number of carbonyl (C=O) groups is 1. The van der Waals surface area contributed by atoms with E-state index in [4.69, 9.17) is 25.8 Å². The van der Waals surface area contributed by atoms with Crippen LogP contribution < -0.4 is 9.47 Å². The van der Waals surface area contributed by atoms with Gasteiger partial charge < -0.3 is 14.2 Å². The smallest absolute Gasteiger partial charge is 0.363 e. The molecule has 0 unspecified atom stereocenters. The zero-order valence-electron chi connectivity index (χ0n) is 17.2. The molecular weight excluding hydrogens is 433 g/mol. The van der Waals surface area contributed by atoms with Gasteiger partial charge in [-0.1, -0.05) is 29.8 Å². The van der Waals surface area contributed by atoms with Crippen LogP contribution in [0, 0.1) is 5.82 Å². The van der Waals surface area contributed by atoms with Gasteiger partial charge in [-0.15, -0.1) is 0 Å². The Balaban J connectivity index is 1.44. The van der Waals surface area contributed by atoms with Gasteiger partial charge in [-0.25, -0.2) is 14.2 Å². The number of carbonyl (C=O) groups excluding carboxylic acids is 1. The minimum atomic E-state index is -0.525. The molecule has 3 aromatic rings. The fraction of sp³-hybridized carbons (Fsp3) is 0.120. The Kier molecular flexibility index (Phi) is 6.52. The lowest BCUT2D eigenvalue weighted by atomic mass is 10.2. The van der Waals surface area contributed by atoms with E-state index >= 15 is 0 Å². The Labute approximate surface area is 189 Å². The van der Waals surface area contributed by atoms with Crippen LogP contribution in [0.3, 0.4) is 0 Å². The minimum absolute atomic E-state index is 0.00794. The lowest BCUT2D eigenvalue weighted by molar-refractivity contribution is -0.129. The number of aliphatic imine (C=N–C) groups is 1. The first-order chi connectivity index (χ1) is 15.5. The van der Waals surface area contributed by atoms with E-state index in [1.807, 2.05) is 6.92 Å². The zero-order chi connectivity index (χ0) is 22.5. The lowest BCUT2D eigenvalue weighted by Crippen LogP contribution is -2.05. The molecule has 32 heavy (non-hydrogen) atoms. The molecule has 162 valence electrons. The summed E-state index contributed by atoms with van der Waals surface area (Å²) in [6, 6.07) is 18.6. The summed E-state index contributed by atoms with van der Waals surface area (Å²) in [5.74, 6) is 0.574. The first-order valence-electron chi connectivity index (χ1n) is 9.95. The summed E-state index contributed by atoms with van der Waals surface area (Å²) >= 11 is 6.02. The molecule has 1 aliphatic heterocycles. The van der Waals surface area contributed by atoms with E-state index in [2.05, 4.69) is 4.99 Å². The van der Waals surface area contributed by atoms with Gasteiger partial charge in [0.1, 0.15) is 23.9 Å². The number of nitrogens with zero attached hydrogens (tertiary/aromatic N) is 1. The maximum absolute atomic E-state index is 13.9. The van der Waals surface area contributed by atoms with E-state index in [1.54, 1.807) is 66.7 Å². The second-order valence-corrected chi connectivity index (χ2v) is 7.26. The van der Waals surface area contributed by atoms with Crippen LogP contribution in [0.2, 0.25) is 5.02 Å². The fourth-order valence-corrected chi connectivity index (χ4v) is 3.25. The van der Waals surface area contributed by atoms with Crippen molar-refractivity contribution in [2.45, 2.75) is 13.5 Å². The maximum Gasteiger partial charge on any atom is 0.363 e. The summed E-state index contributed by atoms with van der Waals surface area (Å²) in [7, 11) is 0. The standard InChI is InChI=1S/C25H19ClFNO4/c1-2-30-18-12-8-17(9-13-18)24-28-23(25(29)32-24)14-16-6-10-19(11-7-16)31-15-20-21(26)4-3-5-22(20)27/h3-14H,2,15H2,1H3/b23-14+. The number of hydrogen-bond donors (Lipinski definition) is 0. The third kappa shape index (κ3) is 4.98. The summed E-state index contributed by atoms with van der Waals surface area (Å²) in [5, 5.41) is 0.312. The highest BCUT2D eigenvalue weighted by molar-refractivity contribution is 6.31. The molecule has 0 aliphatic carbocycles. The molecule has 1 heterocycles. The summed E-state index contributed by atoms with van der Waals surface area (Å²) in [5.41, 5.74) is 1.91. The van der Waals surface area contributed by atoms with Crippen LogP contribution in [0.1, 0.15) is 23.6 Å². The Morgan fingerprint density at radius 1 is 1.00 bits per heavy atom. The highest BCUT2D eigenvalue weighted by Gasteiger charge is 2.24. The van der Waals surface area contributed by atoms with E-state index in [-0.39, 0.29) is 18.2 Å². The number of rotatable bonds is 7. The largest absolute Gasteiger partial charge is 0.494 e. The minimum Gasteiger partial charge on any atom is -0.494 e. The normalized spacial score (nSPS) is 14.3. The second kappa shape index (κ2) is 9.66. The van der Waals surface area contributed by atoms with E-state index in [9.17, 15) is 9.18 Å². The molecule has 0 atom stereocenters. The molecule has 0 saturated carbocycles. The summed E-state index contributed by atoms with van der Waals surface area (Å²) in [6.45, 7) is 2.49. The fourth-order valence-electron chi connectivity index (χ4n) is 3.04. The molecule has 1 aliphatic rings. The number of benzene rings is 3. The monoisotopic (exact) mass is 451 g/mol. The maximum atomic E-state index is 13.9. The molecule has 0 N–H and O–H groups in total. The topological polar surface area (TPSA) is 57.1 Å². The molecule has 0 fully saturated rings. The van der Waals surface area contributed by atoms with Gasteiger partial charge in [-0.2, -0.15) is 0 Å². The van der Waals surface area contributed by atoms with Crippen molar-refractivity contribution in [3.05, 3.63) is 100.0 Å². The van der Waals surface area contributed by atoms with Gasteiger partial charge in [0.25, 0.3) is 0 Å². The Morgan fingerprint density at radius 3 is 2.38 bits per heavy atom. The predicted molar refractivity (Wildman–Crippen MR) is 120 cm³/mol. The molecule has 5 nitrogen and oxygen atoms in total. The Morgan fingerprint density at radius 2 is 1.69 bits per heavy atom. The Hall–Kier alpha value is -3.64. The highest BCUT2D eigenvalue weighted by Crippen LogP contribution is 2.24. The van der Waals surface area contributed by atoms with Gasteiger partial charge in [0, 0.05) is 11.1 Å². The van der Waals surface area contributed by atoms with E-state index in [0.29, 0.717) is 28.5 Å². The van der Waals surface area contributed by atoms with Crippen molar-refractivity contribution >= 4 is 29.5 Å². The van der Waals surface area contributed by atoms with Gasteiger partial charge >= 0.3 is 5.97 Å². The second-order valence-electron chi connectivity index (χ2n) is 6.85. The molecule has 3 aromatic carbocycles. The third-order valence-corrected chi connectivity index (χ3v) is 5.02. The van der Waals surface area contributed by atoms with Gasteiger partial charge in [-0.05, 0) is 67.1 Å². The van der Waals surface area contributed by atoms with E-state index in [0.717, 1.165) is 11.3 Å². The molecule has 7 heteroatoms. The van der Waals surface area contributed by atoms with Crippen LogP contribution in [0.15, 0.2) is 77.4 Å². The average Bonchev–Trinajstić information content (AvgIpc) is 3.15. The first-order valence-corrected chi connectivity index (χ1v) is 10.3. The van der Waals surface area contributed by atoms with Crippen molar-refractivity contribution in [3.8, 4) is 11.5 Å². The average molecular weight is 452 g/mol. The number of esters is 1. The van der Waals surface area contributed by atoms with Crippen LogP contribution in [0.5, 0.6) is 11.5 Å². The predicted octanol–water partition coefficient (Wildman–Crippen LogP) is 5.80. The SMILES string of the molecule is CCOc1ccc(C2=N/C(=C/c3ccc(OCc4c(F)cccc4Cl)cc3)C(=O)O2)cc1. The molecular formula is C25H19ClFNO4. The van der Waals surface area contributed by atoms with Crippen LogP contribution in [0.25, 0.3) is 6.08 Å². The van der Waals surface area contributed by atoms with Crippen LogP contribution in [-0.2, 0) is 16.1 Å². The summed E-state index contributed by atoms with van der Waals surface area (Å²) in [6.07, 6.45) is 1.63.